The van der Waals surface area contributed by atoms with Crippen molar-refractivity contribution in [2.75, 3.05) is 31.7 Å². The summed E-state index contributed by atoms with van der Waals surface area (Å²) in [6.07, 6.45) is 6.65. The Balaban J connectivity index is 1.36. The van der Waals surface area contributed by atoms with Crippen molar-refractivity contribution in [2.24, 2.45) is 16.6 Å². The second-order valence-electron chi connectivity index (χ2n) is 7.92. The number of carbonyl (C=O) groups is 1. The van der Waals surface area contributed by atoms with Gasteiger partial charge in [0, 0.05) is 29.1 Å². The van der Waals surface area contributed by atoms with Gasteiger partial charge >= 0.3 is 0 Å². The van der Waals surface area contributed by atoms with E-state index in [-0.39, 0.29) is 11.6 Å². The number of pyridine rings is 1. The van der Waals surface area contributed by atoms with Crippen molar-refractivity contribution in [3.05, 3.63) is 64.1 Å². The zero-order valence-corrected chi connectivity index (χ0v) is 17.8. The molecule has 9 nitrogen and oxygen atoms in total. The molecule has 3 heterocycles. The fraction of sp³-hybridized carbons (Fsp3) is 0.348. The van der Waals surface area contributed by atoms with Crippen molar-refractivity contribution in [1.29, 1.82) is 0 Å². The zero-order valence-electron chi connectivity index (χ0n) is 17.8. The second-order valence-corrected chi connectivity index (χ2v) is 7.92. The molecule has 4 rings (SSSR count). The van der Waals surface area contributed by atoms with Crippen LogP contribution in [0.1, 0.15) is 35.2 Å². The predicted octanol–water partition coefficient (Wildman–Crippen LogP) is 1.65. The van der Waals surface area contributed by atoms with Gasteiger partial charge in [-0.05, 0) is 68.6 Å². The number of hydrogen-bond acceptors (Lipinski definition) is 7. The van der Waals surface area contributed by atoms with Crippen LogP contribution in [0.5, 0.6) is 5.75 Å². The molecule has 0 bridgehead atoms. The molecule has 0 unspecified atom stereocenters. The van der Waals surface area contributed by atoms with Crippen molar-refractivity contribution in [3.63, 3.8) is 0 Å². The van der Waals surface area contributed by atoms with E-state index in [2.05, 4.69) is 25.9 Å². The van der Waals surface area contributed by atoms with Crippen molar-refractivity contribution in [3.8, 4) is 5.75 Å². The Labute approximate surface area is 186 Å². The van der Waals surface area contributed by atoms with Crippen LogP contribution in [0.25, 0.3) is 5.70 Å². The molecule has 2 aliphatic rings. The summed E-state index contributed by atoms with van der Waals surface area (Å²) in [6.45, 7) is 3.18. The number of anilines is 1. The van der Waals surface area contributed by atoms with Gasteiger partial charge in [0.05, 0.1) is 6.61 Å². The smallest absolute Gasteiger partial charge is 0.271 e. The number of nitrogens with two attached hydrogens (primary N) is 1. The maximum atomic E-state index is 12.7. The fourth-order valence-electron chi connectivity index (χ4n) is 3.79. The van der Waals surface area contributed by atoms with Gasteiger partial charge in [-0.3, -0.25) is 9.59 Å². The Bertz CT molecular complexity index is 1070. The molecule has 32 heavy (non-hydrogen) atoms. The molecule has 9 heteroatoms. The van der Waals surface area contributed by atoms with Crippen LogP contribution >= 0.6 is 0 Å². The van der Waals surface area contributed by atoms with E-state index in [1.165, 1.54) is 12.8 Å². The van der Waals surface area contributed by atoms with Gasteiger partial charge < -0.3 is 31.4 Å². The summed E-state index contributed by atoms with van der Waals surface area (Å²) < 4.78 is 5.83. The van der Waals surface area contributed by atoms with Crippen LogP contribution in [0.3, 0.4) is 0 Å². The van der Waals surface area contributed by atoms with Gasteiger partial charge in [-0.2, -0.15) is 0 Å². The SMILES string of the molecule is NC1=NCNC(c2c[nH]c(=O)c(NC(=O)c3ccc(OCCC4CCNCC4)cc3)c2)=C1. The van der Waals surface area contributed by atoms with Crippen molar-refractivity contribution >= 4 is 23.1 Å². The number of rotatable bonds is 7. The molecule has 1 saturated heterocycles. The number of aromatic amines is 1. The number of nitrogens with one attached hydrogen (secondary N) is 4. The van der Waals surface area contributed by atoms with Crippen molar-refractivity contribution in [2.45, 2.75) is 19.3 Å². The number of aliphatic imine (C=N–C) groups is 1. The molecule has 1 aromatic carbocycles. The lowest BCUT2D eigenvalue weighted by Gasteiger charge is -2.22. The Morgan fingerprint density at radius 2 is 2.00 bits per heavy atom. The van der Waals surface area contributed by atoms with E-state index in [1.54, 1.807) is 42.6 Å². The summed E-state index contributed by atoms with van der Waals surface area (Å²) in [5.41, 5.74) is 7.35. The molecular formula is C23H28N6O3. The van der Waals surface area contributed by atoms with Crippen LogP contribution in [0.2, 0.25) is 0 Å². The Hall–Kier alpha value is -3.59. The second kappa shape index (κ2) is 10.1. The predicted molar refractivity (Wildman–Crippen MR) is 125 cm³/mol. The fourth-order valence-corrected chi connectivity index (χ4v) is 3.79. The average molecular weight is 437 g/mol. The molecule has 1 amide bonds. The highest BCUT2D eigenvalue weighted by Gasteiger charge is 2.14. The van der Waals surface area contributed by atoms with Crippen LogP contribution in [0.4, 0.5) is 5.69 Å². The van der Waals surface area contributed by atoms with Crippen LogP contribution < -0.4 is 32.0 Å². The minimum absolute atomic E-state index is 0.151. The highest BCUT2D eigenvalue weighted by Crippen LogP contribution is 2.19. The Kier molecular flexibility index (Phi) is 6.86. The first-order valence-electron chi connectivity index (χ1n) is 10.8. The van der Waals surface area contributed by atoms with Gasteiger partial charge in [-0.25, -0.2) is 4.99 Å². The number of carbonyl (C=O) groups excluding carboxylic acids is 1. The van der Waals surface area contributed by atoms with E-state index < -0.39 is 5.56 Å². The van der Waals surface area contributed by atoms with Gasteiger partial charge in [0.15, 0.2) is 0 Å². The topological polar surface area (TPSA) is 134 Å². The minimum atomic E-state index is -0.391. The monoisotopic (exact) mass is 436 g/mol. The molecular weight excluding hydrogens is 408 g/mol. The molecule has 0 radical (unpaired) electrons. The molecule has 1 aromatic heterocycles. The summed E-state index contributed by atoms with van der Waals surface area (Å²) in [4.78, 5) is 31.5. The van der Waals surface area contributed by atoms with E-state index >= 15 is 0 Å². The summed E-state index contributed by atoms with van der Waals surface area (Å²) in [5, 5.41) is 9.13. The van der Waals surface area contributed by atoms with Gasteiger partial charge in [0.2, 0.25) is 0 Å². The van der Waals surface area contributed by atoms with E-state index in [0.29, 0.717) is 36.2 Å². The lowest BCUT2D eigenvalue weighted by atomic mass is 9.95. The first kappa shape index (κ1) is 21.6. The summed E-state index contributed by atoms with van der Waals surface area (Å²) in [7, 11) is 0. The number of hydrogen-bond donors (Lipinski definition) is 5. The van der Waals surface area contributed by atoms with Gasteiger partial charge in [0.25, 0.3) is 11.5 Å². The number of amidine groups is 1. The molecule has 6 N–H and O–H groups in total. The number of nitrogens with zero attached hydrogens (tertiary/aromatic N) is 1. The summed E-state index contributed by atoms with van der Waals surface area (Å²) in [6, 6.07) is 8.53. The zero-order chi connectivity index (χ0) is 22.3. The molecule has 0 spiro atoms. The Morgan fingerprint density at radius 3 is 2.75 bits per heavy atom. The molecule has 0 saturated carbocycles. The van der Waals surface area contributed by atoms with Crippen LogP contribution in [-0.4, -0.2) is 43.1 Å². The first-order chi connectivity index (χ1) is 15.6. The number of aromatic nitrogens is 1. The third-order valence-corrected chi connectivity index (χ3v) is 5.66. The molecule has 168 valence electrons. The van der Waals surface area contributed by atoms with E-state index in [9.17, 15) is 9.59 Å². The molecule has 2 aromatic rings. The maximum Gasteiger partial charge on any atom is 0.271 e. The number of H-pyrrole nitrogens is 1. The highest BCUT2D eigenvalue weighted by molar-refractivity contribution is 6.04. The maximum absolute atomic E-state index is 12.7. The van der Waals surface area contributed by atoms with E-state index in [0.717, 1.165) is 31.0 Å². The normalized spacial score (nSPS) is 16.5. The van der Waals surface area contributed by atoms with Crippen molar-refractivity contribution < 1.29 is 9.53 Å². The van der Waals surface area contributed by atoms with E-state index in [1.807, 2.05) is 0 Å². The minimum Gasteiger partial charge on any atom is -0.494 e. The van der Waals surface area contributed by atoms with E-state index in [4.69, 9.17) is 10.5 Å². The molecule has 1 fully saturated rings. The molecule has 0 atom stereocenters. The standard InChI is InChI=1S/C23H28N6O3/c24-21-12-19(27-14-28-21)17-11-20(23(31)26-13-17)29-22(30)16-1-3-18(4-2-16)32-10-7-15-5-8-25-9-6-15/h1-4,11-13,15,25,27H,5-10,14H2,(H2,24,28)(H,26,31)(H,29,30). The van der Waals surface area contributed by atoms with Crippen LogP contribution in [-0.2, 0) is 0 Å². The molecule has 2 aliphatic heterocycles. The number of amides is 1. The average Bonchev–Trinajstić information content (AvgIpc) is 2.81. The summed E-state index contributed by atoms with van der Waals surface area (Å²) in [5.74, 6) is 1.46. The quantitative estimate of drug-likeness (QED) is 0.448. The lowest BCUT2D eigenvalue weighted by molar-refractivity contribution is 0.102. The third kappa shape index (κ3) is 5.55. The van der Waals surface area contributed by atoms with Gasteiger partial charge in [-0.1, -0.05) is 0 Å². The number of ether oxygens (including phenoxy) is 1. The lowest BCUT2D eigenvalue weighted by Crippen LogP contribution is -2.28. The van der Waals surface area contributed by atoms with Gasteiger partial charge in [-0.15, -0.1) is 0 Å². The molecule has 0 aliphatic carbocycles. The number of benzene rings is 1. The summed E-state index contributed by atoms with van der Waals surface area (Å²) >= 11 is 0. The Morgan fingerprint density at radius 1 is 1.22 bits per heavy atom. The largest absolute Gasteiger partial charge is 0.494 e. The van der Waals surface area contributed by atoms with Crippen LogP contribution in [0.15, 0.2) is 52.4 Å². The first-order valence-corrected chi connectivity index (χ1v) is 10.8. The number of piperidine rings is 1. The van der Waals surface area contributed by atoms with Crippen LogP contribution in [0, 0.1) is 5.92 Å². The van der Waals surface area contributed by atoms with Crippen molar-refractivity contribution in [1.82, 2.24) is 15.6 Å². The third-order valence-electron chi connectivity index (χ3n) is 5.66. The highest BCUT2D eigenvalue weighted by atomic mass is 16.5. The van der Waals surface area contributed by atoms with Gasteiger partial charge in [0.1, 0.15) is 23.9 Å².